The van der Waals surface area contributed by atoms with E-state index in [2.05, 4.69) is 0 Å². The van der Waals surface area contributed by atoms with E-state index in [1.807, 2.05) is 0 Å². The normalized spacial score (nSPS) is 19.4. The maximum absolute atomic E-state index is 9.18. The van der Waals surface area contributed by atoms with E-state index in [9.17, 15) is 5.11 Å². The van der Waals surface area contributed by atoms with Gasteiger partial charge in [-0.1, -0.05) is 0 Å². The Kier molecular flexibility index (Phi) is 4.60. The Bertz CT molecular complexity index is 98.6. The SMILES string of the molecule is CCOC(CO)(OC)C(C)O. The van der Waals surface area contributed by atoms with E-state index in [0.717, 1.165) is 0 Å². The lowest BCUT2D eigenvalue weighted by Gasteiger charge is -2.32. The molecule has 0 fully saturated rings. The average molecular weight is 164 g/mol. The van der Waals surface area contributed by atoms with Gasteiger partial charge in [-0.25, -0.2) is 0 Å². The molecule has 2 unspecified atom stereocenters. The van der Waals surface area contributed by atoms with Crippen LogP contribution in [0.3, 0.4) is 0 Å². The van der Waals surface area contributed by atoms with Crippen LogP contribution in [0.4, 0.5) is 0 Å². The second-order valence-corrected chi connectivity index (χ2v) is 2.28. The molecule has 0 saturated heterocycles. The lowest BCUT2D eigenvalue weighted by molar-refractivity contribution is -0.281. The van der Waals surface area contributed by atoms with Gasteiger partial charge >= 0.3 is 0 Å². The lowest BCUT2D eigenvalue weighted by Crippen LogP contribution is -2.48. The summed E-state index contributed by atoms with van der Waals surface area (Å²) in [6, 6.07) is 0. The summed E-state index contributed by atoms with van der Waals surface area (Å²) in [6.45, 7) is 3.31. The molecule has 0 aliphatic rings. The van der Waals surface area contributed by atoms with Crippen molar-refractivity contribution < 1.29 is 19.7 Å². The minimum atomic E-state index is -1.26. The number of hydrogen-bond donors (Lipinski definition) is 2. The molecule has 0 saturated carbocycles. The van der Waals surface area contributed by atoms with Crippen molar-refractivity contribution in [1.29, 1.82) is 0 Å². The molecule has 0 amide bonds. The van der Waals surface area contributed by atoms with E-state index in [0.29, 0.717) is 6.61 Å². The fraction of sp³-hybridized carbons (Fsp3) is 1.00. The molecule has 0 aliphatic carbocycles. The molecule has 0 aliphatic heterocycles. The zero-order valence-corrected chi connectivity index (χ0v) is 7.20. The second-order valence-electron chi connectivity index (χ2n) is 2.28. The van der Waals surface area contributed by atoms with Gasteiger partial charge in [-0.3, -0.25) is 0 Å². The van der Waals surface area contributed by atoms with Gasteiger partial charge in [0, 0.05) is 13.7 Å². The molecule has 0 aromatic carbocycles. The molecular formula is C7H16O4. The molecule has 4 heteroatoms. The summed E-state index contributed by atoms with van der Waals surface area (Å²) in [6.07, 6.45) is -0.850. The van der Waals surface area contributed by atoms with Crippen LogP contribution in [-0.2, 0) is 9.47 Å². The van der Waals surface area contributed by atoms with Gasteiger partial charge in [0.1, 0.15) is 6.10 Å². The van der Waals surface area contributed by atoms with Crippen molar-refractivity contribution in [3.63, 3.8) is 0 Å². The Hall–Kier alpha value is -0.160. The number of aliphatic hydroxyl groups is 2. The number of rotatable bonds is 5. The van der Waals surface area contributed by atoms with Gasteiger partial charge in [0.25, 0.3) is 0 Å². The summed E-state index contributed by atoms with van der Waals surface area (Å²) >= 11 is 0. The maximum atomic E-state index is 9.18. The van der Waals surface area contributed by atoms with E-state index in [4.69, 9.17) is 14.6 Å². The summed E-state index contributed by atoms with van der Waals surface area (Å²) in [5.74, 6) is -1.26. The van der Waals surface area contributed by atoms with E-state index >= 15 is 0 Å². The highest BCUT2D eigenvalue weighted by Gasteiger charge is 2.35. The zero-order chi connectivity index (χ0) is 8.91. The van der Waals surface area contributed by atoms with E-state index in [-0.39, 0.29) is 6.61 Å². The van der Waals surface area contributed by atoms with Gasteiger partial charge in [-0.15, -0.1) is 0 Å². The van der Waals surface area contributed by atoms with Gasteiger partial charge in [-0.2, -0.15) is 0 Å². The highest BCUT2D eigenvalue weighted by atomic mass is 16.7. The van der Waals surface area contributed by atoms with Gasteiger partial charge in [0.15, 0.2) is 0 Å². The van der Waals surface area contributed by atoms with Crippen LogP contribution in [-0.4, -0.2) is 42.4 Å². The lowest BCUT2D eigenvalue weighted by atomic mass is 10.2. The second kappa shape index (κ2) is 4.66. The summed E-state index contributed by atoms with van der Waals surface area (Å²) in [4.78, 5) is 0. The van der Waals surface area contributed by atoms with E-state index in [1.165, 1.54) is 14.0 Å². The first-order valence-corrected chi connectivity index (χ1v) is 3.61. The van der Waals surface area contributed by atoms with Crippen LogP contribution >= 0.6 is 0 Å². The maximum Gasteiger partial charge on any atom is 0.217 e. The first kappa shape index (κ1) is 10.8. The Morgan fingerprint density at radius 2 is 2.09 bits per heavy atom. The molecule has 4 nitrogen and oxygen atoms in total. The molecule has 2 atom stereocenters. The summed E-state index contributed by atoms with van der Waals surface area (Å²) in [7, 11) is 1.39. The van der Waals surface area contributed by atoms with Gasteiger partial charge in [0.05, 0.1) is 6.61 Å². The topological polar surface area (TPSA) is 58.9 Å². The number of aliphatic hydroxyl groups excluding tert-OH is 2. The molecule has 0 spiro atoms. The van der Waals surface area contributed by atoms with Crippen molar-refractivity contribution in [2.75, 3.05) is 20.3 Å². The van der Waals surface area contributed by atoms with Crippen LogP contribution in [0.25, 0.3) is 0 Å². The standard InChI is InChI=1S/C7H16O4/c1-4-11-7(5-8,10-3)6(2)9/h6,8-9H,4-5H2,1-3H3. The molecule has 0 heterocycles. The van der Waals surface area contributed by atoms with Crippen molar-refractivity contribution in [3.8, 4) is 0 Å². The molecule has 0 bridgehead atoms. The van der Waals surface area contributed by atoms with Gasteiger partial charge in [0.2, 0.25) is 5.79 Å². The largest absolute Gasteiger partial charge is 0.391 e. The molecular weight excluding hydrogens is 148 g/mol. The highest BCUT2D eigenvalue weighted by Crippen LogP contribution is 2.16. The quantitative estimate of drug-likeness (QED) is 0.549. The fourth-order valence-electron chi connectivity index (χ4n) is 0.837. The minimum Gasteiger partial charge on any atom is -0.391 e. The van der Waals surface area contributed by atoms with Crippen LogP contribution in [0, 0.1) is 0 Å². The molecule has 0 radical (unpaired) electrons. The van der Waals surface area contributed by atoms with E-state index in [1.54, 1.807) is 6.92 Å². The highest BCUT2D eigenvalue weighted by molar-refractivity contribution is 4.74. The molecule has 68 valence electrons. The van der Waals surface area contributed by atoms with Crippen LogP contribution in [0.2, 0.25) is 0 Å². The van der Waals surface area contributed by atoms with Crippen molar-refractivity contribution in [3.05, 3.63) is 0 Å². The Morgan fingerprint density at radius 3 is 2.18 bits per heavy atom. The Morgan fingerprint density at radius 1 is 1.55 bits per heavy atom. The van der Waals surface area contributed by atoms with E-state index < -0.39 is 11.9 Å². The van der Waals surface area contributed by atoms with Crippen molar-refractivity contribution in [2.24, 2.45) is 0 Å². The van der Waals surface area contributed by atoms with Crippen molar-refractivity contribution >= 4 is 0 Å². The van der Waals surface area contributed by atoms with Crippen LogP contribution in [0.5, 0.6) is 0 Å². The fourth-order valence-corrected chi connectivity index (χ4v) is 0.837. The van der Waals surface area contributed by atoms with Crippen LogP contribution in [0.1, 0.15) is 13.8 Å². The molecule has 2 N–H and O–H groups in total. The van der Waals surface area contributed by atoms with Crippen molar-refractivity contribution in [1.82, 2.24) is 0 Å². The molecule has 0 aromatic heterocycles. The third kappa shape index (κ3) is 2.41. The van der Waals surface area contributed by atoms with Gasteiger partial charge < -0.3 is 19.7 Å². The predicted octanol–water partition coefficient (Wildman–Crippen LogP) is -0.261. The predicted molar refractivity (Wildman–Crippen MR) is 40.1 cm³/mol. The molecule has 0 rings (SSSR count). The zero-order valence-electron chi connectivity index (χ0n) is 7.20. The van der Waals surface area contributed by atoms with Crippen molar-refractivity contribution in [2.45, 2.75) is 25.7 Å². The smallest absolute Gasteiger partial charge is 0.217 e. The monoisotopic (exact) mass is 164 g/mol. The molecule has 11 heavy (non-hydrogen) atoms. The number of methoxy groups -OCH3 is 1. The van der Waals surface area contributed by atoms with Gasteiger partial charge in [-0.05, 0) is 13.8 Å². The number of ether oxygens (including phenoxy) is 2. The first-order chi connectivity index (χ1) is 5.13. The first-order valence-electron chi connectivity index (χ1n) is 3.61. The van der Waals surface area contributed by atoms with Crippen LogP contribution < -0.4 is 0 Å². The summed E-state index contributed by atoms with van der Waals surface area (Å²) in [5.41, 5.74) is 0. The number of hydrogen-bond acceptors (Lipinski definition) is 4. The summed E-state index contributed by atoms with van der Waals surface area (Å²) in [5, 5.41) is 18.1. The molecule has 0 aromatic rings. The van der Waals surface area contributed by atoms with Crippen LogP contribution in [0.15, 0.2) is 0 Å². The summed E-state index contributed by atoms with van der Waals surface area (Å²) < 4.78 is 9.93. The Balaban J connectivity index is 4.20. The Labute approximate surface area is 66.7 Å². The third-order valence-electron chi connectivity index (χ3n) is 1.59. The third-order valence-corrected chi connectivity index (χ3v) is 1.59. The minimum absolute atomic E-state index is 0.352. The average Bonchev–Trinajstić information content (AvgIpc) is 2.00.